The molecule has 3 aromatic rings. The Kier molecular flexibility index (Phi) is 4.34. The van der Waals surface area contributed by atoms with E-state index in [9.17, 15) is 14.0 Å². The van der Waals surface area contributed by atoms with E-state index in [-0.39, 0.29) is 11.3 Å². The monoisotopic (exact) mass is 326 g/mol. The van der Waals surface area contributed by atoms with Crippen molar-refractivity contribution in [3.8, 4) is 0 Å². The van der Waals surface area contributed by atoms with Crippen LogP contribution in [-0.2, 0) is 6.42 Å². The molecular formula is C19H19FN2O2. The summed E-state index contributed by atoms with van der Waals surface area (Å²) in [6.45, 7) is 3.98. The molecule has 0 fully saturated rings. The van der Waals surface area contributed by atoms with E-state index in [2.05, 4.69) is 11.9 Å². The van der Waals surface area contributed by atoms with Crippen LogP contribution < -0.4 is 5.56 Å². The van der Waals surface area contributed by atoms with Crippen molar-refractivity contribution < 1.29 is 9.18 Å². The van der Waals surface area contributed by atoms with E-state index in [1.54, 1.807) is 4.40 Å². The highest BCUT2D eigenvalue weighted by Crippen LogP contribution is 2.18. The summed E-state index contributed by atoms with van der Waals surface area (Å²) in [4.78, 5) is 28.2. The van der Waals surface area contributed by atoms with Crippen molar-refractivity contribution in [1.82, 2.24) is 9.38 Å². The fourth-order valence-electron chi connectivity index (χ4n) is 2.90. The van der Waals surface area contributed by atoms with Gasteiger partial charge in [-0.25, -0.2) is 4.39 Å². The average molecular weight is 326 g/mol. The third-order valence-electron chi connectivity index (χ3n) is 4.26. The van der Waals surface area contributed by atoms with Crippen LogP contribution in [0.1, 0.15) is 47.1 Å². The molecule has 4 nitrogen and oxygen atoms in total. The number of benzene rings is 1. The number of aromatic amines is 1. The summed E-state index contributed by atoms with van der Waals surface area (Å²) in [5.41, 5.74) is 2.93. The van der Waals surface area contributed by atoms with E-state index < -0.39 is 5.82 Å². The Hall–Kier alpha value is -2.69. The van der Waals surface area contributed by atoms with Crippen LogP contribution in [0, 0.1) is 12.7 Å². The first-order valence-corrected chi connectivity index (χ1v) is 8.06. The van der Waals surface area contributed by atoms with Gasteiger partial charge >= 0.3 is 0 Å². The number of carbonyl (C=O) groups excluding carboxylic acids is 1. The van der Waals surface area contributed by atoms with Gasteiger partial charge in [-0.2, -0.15) is 0 Å². The minimum atomic E-state index is -0.390. The zero-order valence-corrected chi connectivity index (χ0v) is 13.7. The predicted octanol–water partition coefficient (Wildman–Crippen LogP) is 3.65. The molecule has 2 aromatic heterocycles. The third kappa shape index (κ3) is 2.77. The van der Waals surface area contributed by atoms with Gasteiger partial charge in [0, 0.05) is 23.0 Å². The SMILES string of the molecule is CCCCc1[nH]c2c(C(=O)c3ccc(F)cc3)ccc(=O)n2c1C. The van der Waals surface area contributed by atoms with E-state index >= 15 is 0 Å². The number of H-pyrrole nitrogens is 1. The van der Waals surface area contributed by atoms with Crippen molar-refractivity contribution in [3.05, 3.63) is 75.1 Å². The van der Waals surface area contributed by atoms with Crippen LogP contribution in [0.15, 0.2) is 41.2 Å². The quantitative estimate of drug-likeness (QED) is 0.728. The predicted molar refractivity (Wildman–Crippen MR) is 91.2 cm³/mol. The molecule has 124 valence electrons. The van der Waals surface area contributed by atoms with Gasteiger partial charge < -0.3 is 4.98 Å². The molecular weight excluding hydrogens is 307 g/mol. The lowest BCUT2D eigenvalue weighted by atomic mass is 10.0. The molecule has 0 saturated carbocycles. The molecule has 0 amide bonds. The average Bonchev–Trinajstić information content (AvgIpc) is 2.91. The number of unbranched alkanes of at least 4 members (excludes halogenated alkanes) is 1. The lowest BCUT2D eigenvalue weighted by molar-refractivity contribution is 0.103. The van der Waals surface area contributed by atoms with Gasteiger partial charge in [0.1, 0.15) is 11.5 Å². The summed E-state index contributed by atoms with van der Waals surface area (Å²) in [6, 6.07) is 8.34. The molecule has 3 rings (SSSR count). The molecule has 2 heterocycles. The molecule has 0 radical (unpaired) electrons. The Bertz CT molecular complexity index is 952. The van der Waals surface area contributed by atoms with Crippen LogP contribution in [0.3, 0.4) is 0 Å². The highest BCUT2D eigenvalue weighted by atomic mass is 19.1. The van der Waals surface area contributed by atoms with Crippen LogP contribution in [0.25, 0.3) is 5.65 Å². The summed E-state index contributed by atoms with van der Waals surface area (Å²) < 4.78 is 14.6. The number of halogens is 1. The summed E-state index contributed by atoms with van der Waals surface area (Å²) in [7, 11) is 0. The maximum absolute atomic E-state index is 13.1. The second kappa shape index (κ2) is 6.43. The minimum absolute atomic E-state index is 0.169. The van der Waals surface area contributed by atoms with Crippen LogP contribution in [0.5, 0.6) is 0 Å². The number of ketones is 1. The molecule has 1 aromatic carbocycles. The minimum Gasteiger partial charge on any atom is -0.343 e. The standard InChI is InChI=1S/C19H19FN2O2/c1-3-4-5-16-12(2)22-17(23)11-10-15(19(22)21-16)18(24)13-6-8-14(20)9-7-13/h6-11,21H,3-5H2,1-2H3. The Morgan fingerprint density at radius 1 is 1.17 bits per heavy atom. The Balaban J connectivity index is 2.14. The zero-order chi connectivity index (χ0) is 17.3. The number of carbonyl (C=O) groups is 1. The summed E-state index contributed by atoms with van der Waals surface area (Å²) in [5.74, 6) is -0.630. The van der Waals surface area contributed by atoms with Crippen molar-refractivity contribution in [1.29, 1.82) is 0 Å². The maximum atomic E-state index is 13.1. The second-order valence-electron chi connectivity index (χ2n) is 5.90. The Morgan fingerprint density at radius 3 is 2.54 bits per heavy atom. The molecule has 0 aliphatic carbocycles. The second-order valence-corrected chi connectivity index (χ2v) is 5.90. The molecule has 1 N–H and O–H groups in total. The fourth-order valence-corrected chi connectivity index (χ4v) is 2.90. The van der Waals surface area contributed by atoms with Crippen molar-refractivity contribution >= 4 is 11.4 Å². The van der Waals surface area contributed by atoms with Gasteiger partial charge in [0.2, 0.25) is 0 Å². The summed E-state index contributed by atoms with van der Waals surface area (Å²) in [6.07, 6.45) is 2.88. The van der Waals surface area contributed by atoms with Crippen LogP contribution >= 0.6 is 0 Å². The fraction of sp³-hybridized carbons (Fsp3) is 0.263. The summed E-state index contributed by atoms with van der Waals surface area (Å²) in [5, 5.41) is 0. The van der Waals surface area contributed by atoms with Gasteiger partial charge in [-0.05, 0) is 50.1 Å². The van der Waals surface area contributed by atoms with Crippen LogP contribution in [0.2, 0.25) is 0 Å². The molecule has 0 spiro atoms. The number of hydrogen-bond donors (Lipinski definition) is 1. The van der Waals surface area contributed by atoms with Crippen molar-refractivity contribution in [2.75, 3.05) is 0 Å². The molecule has 0 aliphatic rings. The zero-order valence-electron chi connectivity index (χ0n) is 13.7. The van der Waals surface area contributed by atoms with E-state index in [0.717, 1.165) is 30.7 Å². The van der Waals surface area contributed by atoms with Gasteiger partial charge in [0.15, 0.2) is 5.78 Å². The normalized spacial score (nSPS) is 11.1. The van der Waals surface area contributed by atoms with Crippen molar-refractivity contribution in [2.24, 2.45) is 0 Å². The lowest BCUT2D eigenvalue weighted by Crippen LogP contribution is -2.15. The van der Waals surface area contributed by atoms with E-state index in [4.69, 9.17) is 0 Å². The highest BCUT2D eigenvalue weighted by molar-refractivity contribution is 6.12. The number of fused-ring (bicyclic) bond motifs is 1. The Labute approximate surface area is 139 Å². The highest BCUT2D eigenvalue weighted by Gasteiger charge is 2.18. The van der Waals surface area contributed by atoms with Gasteiger partial charge in [-0.3, -0.25) is 14.0 Å². The molecule has 0 atom stereocenters. The molecule has 0 saturated heterocycles. The number of nitrogens with one attached hydrogen (secondary N) is 1. The van der Waals surface area contributed by atoms with E-state index in [1.807, 2.05) is 6.92 Å². The number of rotatable bonds is 5. The number of imidazole rings is 1. The lowest BCUT2D eigenvalue weighted by Gasteiger charge is -2.04. The molecule has 0 aliphatic heterocycles. The molecule has 5 heteroatoms. The number of hydrogen-bond acceptors (Lipinski definition) is 2. The third-order valence-corrected chi connectivity index (χ3v) is 4.26. The van der Waals surface area contributed by atoms with Gasteiger partial charge in [0.05, 0.1) is 5.56 Å². The van der Waals surface area contributed by atoms with E-state index in [1.165, 1.54) is 36.4 Å². The number of aromatic nitrogens is 2. The maximum Gasteiger partial charge on any atom is 0.256 e. The number of nitrogens with zero attached hydrogens (tertiary/aromatic N) is 1. The topological polar surface area (TPSA) is 54.3 Å². The first kappa shape index (κ1) is 16.2. The van der Waals surface area contributed by atoms with Gasteiger partial charge in [-0.1, -0.05) is 13.3 Å². The van der Waals surface area contributed by atoms with Crippen molar-refractivity contribution in [3.63, 3.8) is 0 Å². The molecule has 0 unspecified atom stereocenters. The van der Waals surface area contributed by atoms with Crippen LogP contribution in [0.4, 0.5) is 4.39 Å². The summed E-state index contributed by atoms with van der Waals surface area (Å²) >= 11 is 0. The van der Waals surface area contributed by atoms with Crippen LogP contribution in [-0.4, -0.2) is 15.2 Å². The van der Waals surface area contributed by atoms with Gasteiger partial charge in [-0.15, -0.1) is 0 Å². The number of pyridine rings is 1. The van der Waals surface area contributed by atoms with Crippen molar-refractivity contribution in [2.45, 2.75) is 33.1 Å². The first-order chi connectivity index (χ1) is 11.5. The smallest absolute Gasteiger partial charge is 0.256 e. The van der Waals surface area contributed by atoms with Gasteiger partial charge in [0.25, 0.3) is 5.56 Å². The largest absolute Gasteiger partial charge is 0.343 e. The first-order valence-electron chi connectivity index (χ1n) is 8.06. The Morgan fingerprint density at radius 2 is 1.88 bits per heavy atom. The molecule has 0 bridgehead atoms. The van der Waals surface area contributed by atoms with E-state index in [0.29, 0.717) is 16.8 Å². The molecule has 24 heavy (non-hydrogen) atoms. The number of aryl methyl sites for hydroxylation is 2.